The predicted octanol–water partition coefficient (Wildman–Crippen LogP) is 2.47. The molecule has 1 fully saturated rings. The number of sulfonamides is 1. The van der Waals surface area contributed by atoms with Gasteiger partial charge in [-0.1, -0.05) is 12.8 Å². The molecule has 8 nitrogen and oxygen atoms in total. The van der Waals surface area contributed by atoms with E-state index in [-0.39, 0.29) is 18.9 Å². The number of anilines is 1. The summed E-state index contributed by atoms with van der Waals surface area (Å²) in [6, 6.07) is 5.07. The van der Waals surface area contributed by atoms with Gasteiger partial charge in [0.25, 0.3) is 0 Å². The first-order valence-electron chi connectivity index (χ1n) is 10.7. The van der Waals surface area contributed by atoms with Gasteiger partial charge in [0.2, 0.25) is 15.9 Å². The molecule has 3 rings (SSSR count). The van der Waals surface area contributed by atoms with E-state index in [1.165, 1.54) is 17.1 Å². The molecular weight excluding hydrogens is 408 g/mol. The van der Waals surface area contributed by atoms with Crippen LogP contribution in [0.5, 0.6) is 11.5 Å². The lowest BCUT2D eigenvalue weighted by atomic mass is 10.2. The summed E-state index contributed by atoms with van der Waals surface area (Å²) in [7, 11) is -3.49. The molecule has 0 bridgehead atoms. The van der Waals surface area contributed by atoms with Crippen LogP contribution in [0.3, 0.4) is 0 Å². The van der Waals surface area contributed by atoms with E-state index in [0.717, 1.165) is 25.5 Å². The Kier molecular flexibility index (Phi) is 8.21. The molecule has 1 heterocycles. The Balaban J connectivity index is 1.41. The van der Waals surface area contributed by atoms with Gasteiger partial charge in [0.15, 0.2) is 11.5 Å². The van der Waals surface area contributed by atoms with Crippen LogP contribution in [0.25, 0.3) is 0 Å². The molecule has 0 atom stereocenters. The maximum atomic E-state index is 12.3. The second kappa shape index (κ2) is 10.9. The van der Waals surface area contributed by atoms with Crippen LogP contribution in [0.1, 0.15) is 44.9 Å². The SMILES string of the molecule is CS(=O)(=O)N(CCCC(=O)NCCCOC1CCCC1)c1ccc2c(c1)OCCO2. The first-order valence-corrected chi connectivity index (χ1v) is 12.5. The molecule has 1 aliphatic heterocycles. The molecule has 1 aliphatic carbocycles. The number of nitrogens with zero attached hydrogens (tertiary/aromatic N) is 1. The van der Waals surface area contributed by atoms with E-state index in [9.17, 15) is 13.2 Å². The summed E-state index contributed by atoms with van der Waals surface area (Å²) in [4.78, 5) is 12.1. The normalized spacial score (nSPS) is 16.4. The number of ether oxygens (including phenoxy) is 3. The Morgan fingerprint density at radius 3 is 2.63 bits per heavy atom. The number of hydrogen-bond acceptors (Lipinski definition) is 6. The van der Waals surface area contributed by atoms with E-state index in [1.807, 2.05) is 0 Å². The molecule has 1 aromatic rings. The van der Waals surface area contributed by atoms with Gasteiger partial charge < -0.3 is 19.5 Å². The summed E-state index contributed by atoms with van der Waals surface area (Å²) >= 11 is 0. The van der Waals surface area contributed by atoms with Gasteiger partial charge in [0.05, 0.1) is 18.0 Å². The monoisotopic (exact) mass is 440 g/mol. The molecule has 0 aromatic heterocycles. The number of rotatable bonds is 11. The Bertz CT molecular complexity index is 808. The minimum atomic E-state index is -3.49. The second-order valence-electron chi connectivity index (χ2n) is 7.75. The predicted molar refractivity (Wildman–Crippen MR) is 115 cm³/mol. The number of amides is 1. The van der Waals surface area contributed by atoms with Gasteiger partial charge in [0.1, 0.15) is 13.2 Å². The molecule has 0 unspecified atom stereocenters. The van der Waals surface area contributed by atoms with Crippen molar-refractivity contribution in [3.05, 3.63) is 18.2 Å². The zero-order valence-corrected chi connectivity index (χ0v) is 18.4. The highest BCUT2D eigenvalue weighted by atomic mass is 32.2. The van der Waals surface area contributed by atoms with E-state index in [2.05, 4.69) is 5.32 Å². The van der Waals surface area contributed by atoms with Crippen molar-refractivity contribution in [2.45, 2.75) is 51.0 Å². The zero-order valence-electron chi connectivity index (χ0n) is 17.6. The molecule has 0 radical (unpaired) electrons. The van der Waals surface area contributed by atoms with Crippen LogP contribution in [0.2, 0.25) is 0 Å². The molecule has 1 aromatic carbocycles. The van der Waals surface area contributed by atoms with Crippen LogP contribution in [0.15, 0.2) is 18.2 Å². The lowest BCUT2D eigenvalue weighted by Gasteiger charge is -2.25. The van der Waals surface area contributed by atoms with E-state index in [0.29, 0.717) is 56.1 Å². The van der Waals surface area contributed by atoms with Crippen LogP contribution in [-0.4, -0.2) is 59.6 Å². The summed E-state index contributed by atoms with van der Waals surface area (Å²) in [5.41, 5.74) is 0.506. The fourth-order valence-corrected chi connectivity index (χ4v) is 4.71. The number of carbonyl (C=O) groups is 1. The van der Waals surface area contributed by atoms with Crippen molar-refractivity contribution < 1.29 is 27.4 Å². The Morgan fingerprint density at radius 2 is 1.90 bits per heavy atom. The molecule has 9 heteroatoms. The summed E-state index contributed by atoms with van der Waals surface area (Å²) in [6.07, 6.45) is 7.81. The van der Waals surface area contributed by atoms with E-state index in [1.54, 1.807) is 18.2 Å². The van der Waals surface area contributed by atoms with Crippen molar-refractivity contribution >= 4 is 21.6 Å². The number of hydrogen-bond donors (Lipinski definition) is 1. The van der Waals surface area contributed by atoms with Gasteiger partial charge >= 0.3 is 0 Å². The highest BCUT2D eigenvalue weighted by Crippen LogP contribution is 2.34. The minimum Gasteiger partial charge on any atom is -0.486 e. The fourth-order valence-electron chi connectivity index (χ4n) is 3.75. The van der Waals surface area contributed by atoms with Crippen LogP contribution in [0.4, 0.5) is 5.69 Å². The molecule has 168 valence electrons. The molecule has 1 N–H and O–H groups in total. The third-order valence-corrected chi connectivity index (χ3v) is 6.47. The standard InChI is InChI=1S/C21H32N2O6S/c1-30(25,26)23(17-9-10-19-20(16-17)29-15-14-28-19)12-4-8-21(24)22-11-5-13-27-18-6-2-3-7-18/h9-10,16,18H,2-8,11-15H2,1H3,(H,22,24). The summed E-state index contributed by atoms with van der Waals surface area (Å²) in [6.45, 7) is 2.36. The summed E-state index contributed by atoms with van der Waals surface area (Å²) < 4.78 is 42.6. The number of fused-ring (bicyclic) bond motifs is 1. The maximum absolute atomic E-state index is 12.3. The van der Waals surface area contributed by atoms with E-state index < -0.39 is 10.0 Å². The molecule has 1 saturated carbocycles. The number of benzene rings is 1. The quantitative estimate of drug-likeness (QED) is 0.531. The summed E-state index contributed by atoms with van der Waals surface area (Å²) in [5.74, 6) is 1.06. The number of carbonyl (C=O) groups excluding carboxylic acids is 1. The van der Waals surface area contributed by atoms with Gasteiger partial charge in [-0.15, -0.1) is 0 Å². The van der Waals surface area contributed by atoms with Crippen LogP contribution >= 0.6 is 0 Å². The molecule has 0 spiro atoms. The smallest absolute Gasteiger partial charge is 0.232 e. The van der Waals surface area contributed by atoms with Crippen LogP contribution in [-0.2, 0) is 19.6 Å². The number of nitrogens with one attached hydrogen (secondary N) is 1. The lowest BCUT2D eigenvalue weighted by Crippen LogP contribution is -2.32. The fraction of sp³-hybridized carbons (Fsp3) is 0.667. The summed E-state index contributed by atoms with van der Waals surface area (Å²) in [5, 5.41) is 2.88. The maximum Gasteiger partial charge on any atom is 0.232 e. The van der Waals surface area contributed by atoms with E-state index >= 15 is 0 Å². The van der Waals surface area contributed by atoms with Gasteiger partial charge in [-0.3, -0.25) is 9.10 Å². The average molecular weight is 441 g/mol. The van der Waals surface area contributed by atoms with Gasteiger partial charge in [-0.2, -0.15) is 0 Å². The van der Waals surface area contributed by atoms with E-state index in [4.69, 9.17) is 14.2 Å². The van der Waals surface area contributed by atoms with Crippen molar-refractivity contribution in [3.8, 4) is 11.5 Å². The van der Waals surface area contributed by atoms with Crippen molar-refractivity contribution in [3.63, 3.8) is 0 Å². The molecular formula is C21H32N2O6S. The first kappa shape index (κ1) is 22.7. The van der Waals surface area contributed by atoms with Crippen LogP contribution < -0.4 is 19.1 Å². The van der Waals surface area contributed by atoms with Crippen LogP contribution in [0, 0.1) is 0 Å². The Hall–Kier alpha value is -2.00. The van der Waals surface area contributed by atoms with Crippen molar-refractivity contribution in [1.82, 2.24) is 5.32 Å². The van der Waals surface area contributed by atoms with Crippen molar-refractivity contribution in [2.24, 2.45) is 0 Å². The largest absolute Gasteiger partial charge is 0.486 e. The Morgan fingerprint density at radius 1 is 1.17 bits per heavy atom. The van der Waals surface area contributed by atoms with Crippen molar-refractivity contribution in [2.75, 3.05) is 43.5 Å². The molecule has 30 heavy (non-hydrogen) atoms. The third-order valence-electron chi connectivity index (χ3n) is 5.28. The molecule has 2 aliphatic rings. The zero-order chi connectivity index (χ0) is 21.4. The topological polar surface area (TPSA) is 94.2 Å². The highest BCUT2D eigenvalue weighted by molar-refractivity contribution is 7.92. The molecule has 0 saturated heterocycles. The first-order chi connectivity index (χ1) is 14.4. The minimum absolute atomic E-state index is 0.0773. The van der Waals surface area contributed by atoms with Gasteiger partial charge in [0, 0.05) is 32.2 Å². The lowest BCUT2D eigenvalue weighted by molar-refractivity contribution is -0.121. The van der Waals surface area contributed by atoms with Gasteiger partial charge in [-0.05, 0) is 37.8 Å². The second-order valence-corrected chi connectivity index (χ2v) is 9.65. The third kappa shape index (κ3) is 6.77. The highest BCUT2D eigenvalue weighted by Gasteiger charge is 2.21. The van der Waals surface area contributed by atoms with Gasteiger partial charge in [-0.25, -0.2) is 8.42 Å². The average Bonchev–Trinajstić information content (AvgIpc) is 3.23. The Labute approximate surface area is 178 Å². The molecule has 1 amide bonds. The van der Waals surface area contributed by atoms with Crippen molar-refractivity contribution in [1.29, 1.82) is 0 Å².